The van der Waals surface area contributed by atoms with Gasteiger partial charge >= 0.3 is 6.03 Å². The predicted octanol–water partition coefficient (Wildman–Crippen LogP) is 0.191. The number of imide groups is 1. The number of hydrogen-bond donors (Lipinski definition) is 1. The van der Waals surface area contributed by atoms with E-state index in [2.05, 4.69) is 10.3 Å². The van der Waals surface area contributed by atoms with Crippen molar-refractivity contribution in [2.45, 2.75) is 13.3 Å². The van der Waals surface area contributed by atoms with Crippen LogP contribution in [-0.4, -0.2) is 33.1 Å². The third kappa shape index (κ3) is 2.29. The molecular formula is C13H11N5O5. The molecule has 0 radical (unpaired) electrons. The van der Waals surface area contributed by atoms with Gasteiger partial charge in [-0.3, -0.25) is 25.0 Å². The number of nitrogens with one attached hydrogen (secondary N) is 1. The lowest BCUT2D eigenvalue weighted by molar-refractivity contribution is -0.383. The maximum absolute atomic E-state index is 12.7. The molecule has 3 amide bonds. The van der Waals surface area contributed by atoms with Crippen LogP contribution in [-0.2, 0) is 4.79 Å². The number of benzene rings is 1. The van der Waals surface area contributed by atoms with Crippen molar-refractivity contribution in [1.82, 2.24) is 15.0 Å². The van der Waals surface area contributed by atoms with Crippen LogP contribution in [0.1, 0.15) is 12.2 Å². The van der Waals surface area contributed by atoms with E-state index in [4.69, 9.17) is 0 Å². The van der Waals surface area contributed by atoms with E-state index in [1.807, 2.05) is 0 Å². The van der Waals surface area contributed by atoms with Gasteiger partial charge in [-0.15, -0.1) is 0 Å². The summed E-state index contributed by atoms with van der Waals surface area (Å²) < 4.78 is 0.955. The molecule has 1 saturated heterocycles. The Hall–Kier alpha value is -3.30. The molecule has 3 rings (SSSR count). The Morgan fingerprint density at radius 1 is 1.30 bits per heavy atom. The summed E-state index contributed by atoms with van der Waals surface area (Å²) in [6.45, 7) is 1.49. The van der Waals surface area contributed by atoms with E-state index < -0.39 is 22.4 Å². The normalized spacial score (nSPS) is 14.9. The van der Waals surface area contributed by atoms with Crippen molar-refractivity contribution in [3.8, 4) is 0 Å². The van der Waals surface area contributed by atoms with Crippen LogP contribution in [0.5, 0.6) is 0 Å². The summed E-state index contributed by atoms with van der Waals surface area (Å²) in [5.41, 5.74) is -0.946. The van der Waals surface area contributed by atoms with Gasteiger partial charge in [-0.2, -0.15) is 4.68 Å². The highest BCUT2D eigenvalue weighted by molar-refractivity contribution is 6.02. The molecule has 1 N–H and O–H groups in total. The van der Waals surface area contributed by atoms with Gasteiger partial charge in [-0.25, -0.2) is 14.8 Å². The standard InChI is InChI=1S/C13H11N5O5/c1-7-14-8-3-2-4-9(18(22)23)11(8)12(20)17(7)16-6-5-10(19)15-13(16)21/h2-4H,5-6H2,1H3,(H,15,19,21). The zero-order chi connectivity index (χ0) is 16.7. The van der Waals surface area contributed by atoms with E-state index in [0.29, 0.717) is 0 Å². The molecule has 1 aliphatic heterocycles. The average Bonchev–Trinajstić information content (AvgIpc) is 2.48. The summed E-state index contributed by atoms with van der Waals surface area (Å²) in [6.07, 6.45) is 0.0204. The van der Waals surface area contributed by atoms with Gasteiger partial charge in [0.2, 0.25) is 5.91 Å². The van der Waals surface area contributed by atoms with Crippen LogP contribution in [0.3, 0.4) is 0 Å². The first kappa shape index (κ1) is 14.6. The van der Waals surface area contributed by atoms with E-state index >= 15 is 0 Å². The molecule has 118 valence electrons. The van der Waals surface area contributed by atoms with Gasteiger partial charge in [0.05, 0.1) is 17.0 Å². The van der Waals surface area contributed by atoms with Gasteiger partial charge in [-0.1, -0.05) is 6.07 Å². The average molecular weight is 317 g/mol. The van der Waals surface area contributed by atoms with E-state index in [-0.39, 0.29) is 35.4 Å². The number of hydrogen-bond acceptors (Lipinski definition) is 6. The lowest BCUT2D eigenvalue weighted by atomic mass is 10.2. The number of rotatable bonds is 2. The minimum Gasteiger partial charge on any atom is -0.276 e. The second-order valence-corrected chi connectivity index (χ2v) is 4.93. The van der Waals surface area contributed by atoms with Gasteiger partial charge in [0.15, 0.2) is 0 Å². The molecule has 0 unspecified atom stereocenters. The van der Waals surface area contributed by atoms with Crippen LogP contribution >= 0.6 is 0 Å². The van der Waals surface area contributed by atoms with Crippen molar-refractivity contribution < 1.29 is 14.5 Å². The Bertz CT molecular complexity index is 919. The summed E-state index contributed by atoms with van der Waals surface area (Å²) in [4.78, 5) is 50.5. The van der Waals surface area contributed by atoms with Crippen molar-refractivity contribution in [2.75, 3.05) is 11.6 Å². The van der Waals surface area contributed by atoms with E-state index in [0.717, 1.165) is 9.69 Å². The maximum Gasteiger partial charge on any atom is 0.343 e. The quantitative estimate of drug-likeness (QED) is 0.622. The fraction of sp³-hybridized carbons (Fsp3) is 0.231. The molecule has 2 heterocycles. The number of aryl methyl sites for hydroxylation is 1. The minimum absolute atomic E-state index is 0.0147. The van der Waals surface area contributed by atoms with Gasteiger partial charge in [-0.05, 0) is 13.0 Å². The summed E-state index contributed by atoms with van der Waals surface area (Å²) in [7, 11) is 0. The lowest BCUT2D eigenvalue weighted by Gasteiger charge is -2.28. The van der Waals surface area contributed by atoms with E-state index in [9.17, 15) is 24.5 Å². The Kier molecular flexibility index (Phi) is 3.28. The SMILES string of the molecule is Cc1nc2cccc([N+](=O)[O-])c2c(=O)n1N1CCC(=O)NC1=O. The largest absolute Gasteiger partial charge is 0.343 e. The molecule has 0 aliphatic carbocycles. The summed E-state index contributed by atoms with van der Waals surface area (Å²) in [6, 6.07) is 3.35. The smallest absolute Gasteiger partial charge is 0.276 e. The van der Waals surface area contributed by atoms with Crippen LogP contribution in [0, 0.1) is 17.0 Å². The topological polar surface area (TPSA) is 127 Å². The fourth-order valence-electron chi connectivity index (χ4n) is 2.50. The number of nitro benzene ring substituents is 1. The molecule has 2 aromatic rings. The lowest BCUT2D eigenvalue weighted by Crippen LogP contribution is -2.58. The Labute approximate surface area is 128 Å². The van der Waals surface area contributed by atoms with E-state index in [1.165, 1.54) is 25.1 Å². The molecular weight excluding hydrogens is 306 g/mol. The first-order valence-electron chi connectivity index (χ1n) is 6.68. The Morgan fingerprint density at radius 3 is 2.70 bits per heavy atom. The first-order valence-corrected chi connectivity index (χ1v) is 6.68. The van der Waals surface area contributed by atoms with Crippen molar-refractivity contribution in [2.24, 2.45) is 0 Å². The van der Waals surface area contributed by atoms with Crippen LogP contribution in [0.15, 0.2) is 23.0 Å². The van der Waals surface area contributed by atoms with E-state index in [1.54, 1.807) is 0 Å². The number of urea groups is 1. The van der Waals surface area contributed by atoms with Crippen LogP contribution in [0.4, 0.5) is 10.5 Å². The zero-order valence-electron chi connectivity index (χ0n) is 12.0. The number of aromatic nitrogens is 2. The summed E-state index contributed by atoms with van der Waals surface area (Å²) in [5, 5.41) is 14.1. The minimum atomic E-state index is -0.772. The third-order valence-electron chi connectivity index (χ3n) is 3.49. The van der Waals surface area contributed by atoms with Crippen LogP contribution in [0.25, 0.3) is 10.9 Å². The molecule has 1 aliphatic rings. The molecule has 10 nitrogen and oxygen atoms in total. The summed E-state index contributed by atoms with van der Waals surface area (Å²) in [5.74, 6) is -0.260. The zero-order valence-corrected chi connectivity index (χ0v) is 12.0. The number of fused-ring (bicyclic) bond motifs is 1. The van der Waals surface area contributed by atoms with Crippen molar-refractivity contribution in [3.63, 3.8) is 0 Å². The highest BCUT2D eigenvalue weighted by atomic mass is 16.6. The second-order valence-electron chi connectivity index (χ2n) is 4.93. The number of nitrogens with zero attached hydrogens (tertiary/aromatic N) is 4. The van der Waals surface area contributed by atoms with Gasteiger partial charge in [0.25, 0.3) is 11.2 Å². The number of carbonyl (C=O) groups is 2. The third-order valence-corrected chi connectivity index (χ3v) is 3.49. The summed E-state index contributed by atoms with van der Waals surface area (Å²) >= 11 is 0. The molecule has 1 fully saturated rings. The molecule has 10 heteroatoms. The predicted molar refractivity (Wildman–Crippen MR) is 78.6 cm³/mol. The number of amides is 3. The molecule has 0 bridgehead atoms. The highest BCUT2D eigenvalue weighted by Gasteiger charge is 2.28. The number of nitro groups is 1. The molecule has 23 heavy (non-hydrogen) atoms. The van der Waals surface area contributed by atoms with Gasteiger partial charge in [0, 0.05) is 12.5 Å². The van der Waals surface area contributed by atoms with Crippen LogP contribution in [0.2, 0.25) is 0 Å². The molecule has 1 aromatic heterocycles. The second kappa shape index (κ2) is 5.16. The van der Waals surface area contributed by atoms with Crippen molar-refractivity contribution in [3.05, 3.63) is 44.5 Å². The molecule has 0 atom stereocenters. The first-order chi connectivity index (χ1) is 10.9. The maximum atomic E-state index is 12.7. The molecule has 0 saturated carbocycles. The Balaban J connectivity index is 2.28. The Morgan fingerprint density at radius 2 is 2.04 bits per heavy atom. The number of carbonyl (C=O) groups excluding carboxylic acids is 2. The fourth-order valence-corrected chi connectivity index (χ4v) is 2.50. The van der Waals surface area contributed by atoms with Gasteiger partial charge in [0.1, 0.15) is 11.2 Å². The van der Waals surface area contributed by atoms with Crippen molar-refractivity contribution in [1.29, 1.82) is 0 Å². The monoisotopic (exact) mass is 317 g/mol. The van der Waals surface area contributed by atoms with Gasteiger partial charge < -0.3 is 0 Å². The van der Waals surface area contributed by atoms with Crippen molar-refractivity contribution >= 4 is 28.5 Å². The van der Waals surface area contributed by atoms with Crippen LogP contribution < -0.4 is 15.9 Å². The highest BCUT2D eigenvalue weighted by Crippen LogP contribution is 2.21. The molecule has 0 spiro atoms. The number of non-ortho nitro benzene ring substituents is 1. The molecule has 1 aromatic carbocycles.